The maximum absolute atomic E-state index is 11.9. The van der Waals surface area contributed by atoms with Crippen molar-refractivity contribution in [2.24, 2.45) is 0 Å². The quantitative estimate of drug-likeness (QED) is 0.520. The van der Waals surface area contributed by atoms with E-state index >= 15 is 0 Å². The summed E-state index contributed by atoms with van der Waals surface area (Å²) in [5.74, 6) is -2.89. The lowest BCUT2D eigenvalue weighted by molar-refractivity contribution is -0.144. The average Bonchev–Trinajstić information content (AvgIpc) is 2.60. The molecule has 1 aliphatic heterocycles. The summed E-state index contributed by atoms with van der Waals surface area (Å²) < 4.78 is 0. The van der Waals surface area contributed by atoms with Gasteiger partial charge in [-0.2, -0.15) is 0 Å². The fourth-order valence-corrected chi connectivity index (χ4v) is 1.71. The molecule has 0 aromatic rings. The lowest BCUT2D eigenvalue weighted by Gasteiger charge is -2.18. The number of rotatable bonds is 5. The molecule has 0 spiro atoms. The molecule has 7 amide bonds. The number of hydrogen-bond acceptors (Lipinski definition) is 5. The third kappa shape index (κ3) is 3.77. The Labute approximate surface area is 121 Å². The van der Waals surface area contributed by atoms with Gasteiger partial charge < -0.3 is 5.32 Å². The maximum atomic E-state index is 11.9. The Balaban J connectivity index is 2.64. The highest BCUT2D eigenvalue weighted by Gasteiger charge is 2.46. The number of amides is 7. The van der Waals surface area contributed by atoms with Crippen LogP contribution >= 0.6 is 0 Å². The van der Waals surface area contributed by atoms with Crippen molar-refractivity contribution in [3.05, 3.63) is 0 Å². The Morgan fingerprint density at radius 3 is 2.24 bits per heavy atom. The van der Waals surface area contributed by atoms with Gasteiger partial charge in [0.2, 0.25) is 5.91 Å². The van der Waals surface area contributed by atoms with Crippen molar-refractivity contribution in [1.82, 2.24) is 20.4 Å². The van der Waals surface area contributed by atoms with Crippen molar-refractivity contribution < 1.29 is 24.0 Å². The molecule has 2 N–H and O–H groups in total. The molecule has 1 fully saturated rings. The van der Waals surface area contributed by atoms with Gasteiger partial charge in [0.25, 0.3) is 0 Å². The highest BCUT2D eigenvalue weighted by Crippen LogP contribution is 2.14. The molecule has 9 heteroatoms. The minimum absolute atomic E-state index is 0.389. The Kier molecular flexibility index (Phi) is 5.39. The number of hydrogen-bond donors (Lipinski definition) is 2. The van der Waals surface area contributed by atoms with Gasteiger partial charge in [-0.15, -0.1) is 0 Å². The van der Waals surface area contributed by atoms with E-state index < -0.39 is 42.4 Å². The van der Waals surface area contributed by atoms with Crippen LogP contribution in [0.4, 0.5) is 9.59 Å². The molecule has 1 saturated heterocycles. The van der Waals surface area contributed by atoms with E-state index in [0.29, 0.717) is 17.9 Å². The minimum atomic E-state index is -1.07. The summed E-state index contributed by atoms with van der Waals surface area (Å²) in [5.41, 5.74) is 0. The zero-order valence-electron chi connectivity index (χ0n) is 12.1. The molecule has 0 bridgehead atoms. The Morgan fingerprint density at radius 2 is 1.76 bits per heavy atom. The highest BCUT2D eigenvalue weighted by atomic mass is 16.2. The van der Waals surface area contributed by atoms with Crippen LogP contribution in [0, 0.1) is 0 Å². The maximum Gasteiger partial charge on any atom is 0.334 e. The third-order valence-corrected chi connectivity index (χ3v) is 2.69. The molecule has 9 nitrogen and oxygen atoms in total. The molecule has 21 heavy (non-hydrogen) atoms. The molecular formula is C12H18N4O5. The van der Waals surface area contributed by atoms with Crippen LogP contribution in [0.25, 0.3) is 0 Å². The van der Waals surface area contributed by atoms with Gasteiger partial charge >= 0.3 is 23.9 Å². The van der Waals surface area contributed by atoms with E-state index in [-0.39, 0.29) is 0 Å². The van der Waals surface area contributed by atoms with Crippen molar-refractivity contribution in [2.75, 3.05) is 13.1 Å². The van der Waals surface area contributed by atoms with E-state index in [0.717, 1.165) is 4.90 Å². The average molecular weight is 298 g/mol. The Bertz CT molecular complexity index is 488. The Hall–Kier alpha value is -2.45. The standard InChI is InChI=1S/C12H18N4O5/c1-4-5-13-11(20)14-8(17)6-15-9(18)10(19)16(7(2)3)12(15)21/h7H,4-6H2,1-3H3,(H2,13,14,17,20). The smallest absolute Gasteiger partial charge is 0.334 e. The zero-order chi connectivity index (χ0) is 16.2. The molecule has 116 valence electrons. The first-order valence-corrected chi connectivity index (χ1v) is 6.56. The summed E-state index contributed by atoms with van der Waals surface area (Å²) in [4.78, 5) is 59.3. The van der Waals surface area contributed by atoms with Gasteiger partial charge in [-0.3, -0.25) is 24.6 Å². The van der Waals surface area contributed by atoms with Crippen LogP contribution in [0.3, 0.4) is 0 Å². The van der Waals surface area contributed by atoms with E-state index in [1.807, 2.05) is 12.2 Å². The van der Waals surface area contributed by atoms with Crippen molar-refractivity contribution in [1.29, 1.82) is 0 Å². The molecule has 0 unspecified atom stereocenters. The van der Waals surface area contributed by atoms with Crippen LogP contribution in [0.2, 0.25) is 0 Å². The topological polar surface area (TPSA) is 116 Å². The summed E-state index contributed by atoms with van der Waals surface area (Å²) in [6, 6.07) is -2.06. The molecule has 0 saturated carbocycles. The number of imide groups is 3. The van der Waals surface area contributed by atoms with Gasteiger partial charge in [-0.25, -0.2) is 14.5 Å². The van der Waals surface area contributed by atoms with Crippen molar-refractivity contribution >= 4 is 29.8 Å². The summed E-state index contributed by atoms with van der Waals surface area (Å²) >= 11 is 0. The normalized spacial score (nSPS) is 15.0. The molecule has 0 aromatic carbocycles. The first-order chi connectivity index (χ1) is 9.79. The predicted octanol–water partition coefficient (Wildman–Crippen LogP) is -0.579. The molecule has 0 atom stereocenters. The number of urea groups is 2. The van der Waals surface area contributed by atoms with Gasteiger partial charge in [0.1, 0.15) is 6.54 Å². The van der Waals surface area contributed by atoms with E-state index in [1.165, 1.54) is 0 Å². The van der Waals surface area contributed by atoms with Crippen molar-refractivity contribution in [3.63, 3.8) is 0 Å². The summed E-state index contributed by atoms with van der Waals surface area (Å²) in [6.45, 7) is 4.71. The van der Waals surface area contributed by atoms with Crippen LogP contribution in [0.15, 0.2) is 0 Å². The lowest BCUT2D eigenvalue weighted by Crippen LogP contribution is -2.46. The Morgan fingerprint density at radius 1 is 1.14 bits per heavy atom. The molecule has 1 aliphatic rings. The van der Waals surface area contributed by atoms with E-state index in [9.17, 15) is 24.0 Å². The molecule has 1 rings (SSSR count). The van der Waals surface area contributed by atoms with E-state index in [4.69, 9.17) is 0 Å². The van der Waals surface area contributed by atoms with Gasteiger partial charge in [-0.05, 0) is 20.3 Å². The lowest BCUT2D eigenvalue weighted by atomic mass is 10.3. The monoisotopic (exact) mass is 298 g/mol. The second-order valence-electron chi connectivity index (χ2n) is 4.75. The van der Waals surface area contributed by atoms with E-state index in [1.54, 1.807) is 13.8 Å². The minimum Gasteiger partial charge on any atom is -0.338 e. The van der Waals surface area contributed by atoms with Gasteiger partial charge in [-0.1, -0.05) is 6.92 Å². The molecule has 0 radical (unpaired) electrons. The molecule has 1 heterocycles. The van der Waals surface area contributed by atoms with Crippen molar-refractivity contribution in [3.8, 4) is 0 Å². The van der Waals surface area contributed by atoms with Gasteiger partial charge in [0.15, 0.2) is 0 Å². The summed E-state index contributed by atoms with van der Waals surface area (Å²) in [6.07, 6.45) is 0.697. The SMILES string of the molecule is CCCNC(=O)NC(=O)CN1C(=O)C(=O)N(C(C)C)C1=O. The molecule has 0 aromatic heterocycles. The zero-order valence-corrected chi connectivity index (χ0v) is 12.1. The van der Waals surface area contributed by atoms with Gasteiger partial charge in [0.05, 0.1) is 0 Å². The largest absolute Gasteiger partial charge is 0.338 e. The second-order valence-corrected chi connectivity index (χ2v) is 4.75. The van der Waals surface area contributed by atoms with Gasteiger partial charge in [0, 0.05) is 12.6 Å². The first kappa shape index (κ1) is 16.6. The highest BCUT2D eigenvalue weighted by molar-refractivity contribution is 6.45. The third-order valence-electron chi connectivity index (χ3n) is 2.69. The summed E-state index contributed by atoms with van der Waals surface area (Å²) in [5, 5.41) is 4.39. The first-order valence-electron chi connectivity index (χ1n) is 6.56. The van der Waals surface area contributed by atoms with Crippen LogP contribution < -0.4 is 10.6 Å². The van der Waals surface area contributed by atoms with Crippen LogP contribution in [0.5, 0.6) is 0 Å². The number of nitrogens with zero attached hydrogens (tertiary/aromatic N) is 2. The number of nitrogens with one attached hydrogen (secondary N) is 2. The molecule has 0 aliphatic carbocycles. The fraction of sp³-hybridized carbons (Fsp3) is 0.583. The number of carbonyl (C=O) groups is 5. The van der Waals surface area contributed by atoms with E-state index in [2.05, 4.69) is 5.32 Å². The predicted molar refractivity (Wildman–Crippen MR) is 70.9 cm³/mol. The summed E-state index contributed by atoms with van der Waals surface area (Å²) in [7, 11) is 0. The fourth-order valence-electron chi connectivity index (χ4n) is 1.71. The molecular weight excluding hydrogens is 280 g/mol. The van der Waals surface area contributed by atoms with Crippen LogP contribution in [-0.4, -0.2) is 58.7 Å². The number of carbonyl (C=O) groups excluding carboxylic acids is 5. The second kappa shape index (κ2) is 6.82. The van der Waals surface area contributed by atoms with Crippen molar-refractivity contribution in [2.45, 2.75) is 33.2 Å². The van der Waals surface area contributed by atoms with Crippen LogP contribution in [-0.2, 0) is 14.4 Å². The van der Waals surface area contributed by atoms with Crippen LogP contribution in [0.1, 0.15) is 27.2 Å².